The third-order valence-corrected chi connectivity index (χ3v) is 4.00. The number of hydrogen-bond donors (Lipinski definition) is 2. The molecule has 1 saturated carbocycles. The van der Waals surface area contributed by atoms with Gasteiger partial charge in [-0.1, -0.05) is 25.3 Å². The van der Waals surface area contributed by atoms with E-state index in [2.05, 4.69) is 21.2 Å². The standard InChI is InChI=1S/C13H17BrFNO/c14-10-5-4-6-11(15)12(10)16-9-13(17)7-2-1-3-8-13/h4-6,16-17H,1-3,7-9H2. The molecule has 0 amide bonds. The van der Waals surface area contributed by atoms with Crippen molar-refractivity contribution >= 4 is 21.6 Å². The third kappa shape index (κ3) is 3.19. The van der Waals surface area contributed by atoms with E-state index in [9.17, 15) is 9.50 Å². The first-order chi connectivity index (χ1) is 8.11. The predicted molar refractivity (Wildman–Crippen MR) is 70.6 cm³/mol. The molecule has 0 aromatic heterocycles. The SMILES string of the molecule is OC1(CNc2c(F)cccc2Br)CCCCC1. The fourth-order valence-electron chi connectivity index (χ4n) is 2.31. The Morgan fingerprint density at radius 1 is 1.29 bits per heavy atom. The van der Waals surface area contributed by atoms with Crippen molar-refractivity contribution < 1.29 is 9.50 Å². The number of para-hydroxylation sites is 1. The summed E-state index contributed by atoms with van der Waals surface area (Å²) in [5.74, 6) is -0.293. The number of nitrogens with one attached hydrogen (secondary N) is 1. The van der Waals surface area contributed by atoms with Crippen molar-refractivity contribution in [2.75, 3.05) is 11.9 Å². The van der Waals surface area contributed by atoms with Gasteiger partial charge in [0.2, 0.25) is 0 Å². The molecule has 0 radical (unpaired) electrons. The highest BCUT2D eigenvalue weighted by Crippen LogP contribution is 2.30. The molecular weight excluding hydrogens is 285 g/mol. The zero-order valence-corrected chi connectivity index (χ0v) is 11.3. The molecule has 2 nitrogen and oxygen atoms in total. The van der Waals surface area contributed by atoms with Gasteiger partial charge in [0.25, 0.3) is 0 Å². The molecule has 0 atom stereocenters. The van der Waals surface area contributed by atoms with Gasteiger partial charge in [0.15, 0.2) is 0 Å². The van der Waals surface area contributed by atoms with E-state index in [0.29, 0.717) is 16.7 Å². The van der Waals surface area contributed by atoms with Gasteiger partial charge in [-0.15, -0.1) is 0 Å². The molecule has 0 spiro atoms. The topological polar surface area (TPSA) is 32.3 Å². The van der Waals surface area contributed by atoms with Gasteiger partial charge in [-0.25, -0.2) is 4.39 Å². The predicted octanol–water partition coefficient (Wildman–Crippen LogP) is 3.70. The molecule has 0 bridgehead atoms. The first-order valence-electron chi connectivity index (χ1n) is 6.01. The number of aliphatic hydroxyl groups is 1. The molecule has 0 aliphatic heterocycles. The average Bonchev–Trinajstić information content (AvgIpc) is 2.29. The Morgan fingerprint density at radius 2 is 2.00 bits per heavy atom. The van der Waals surface area contributed by atoms with Gasteiger partial charge in [-0.2, -0.15) is 0 Å². The van der Waals surface area contributed by atoms with Gasteiger partial charge in [-0.3, -0.25) is 0 Å². The fraction of sp³-hybridized carbons (Fsp3) is 0.538. The number of rotatable bonds is 3. The van der Waals surface area contributed by atoms with E-state index >= 15 is 0 Å². The minimum atomic E-state index is -0.681. The summed E-state index contributed by atoms with van der Waals surface area (Å²) in [5, 5.41) is 13.3. The second-order valence-electron chi connectivity index (χ2n) is 4.74. The number of benzene rings is 1. The molecule has 17 heavy (non-hydrogen) atoms. The van der Waals surface area contributed by atoms with Gasteiger partial charge >= 0.3 is 0 Å². The Morgan fingerprint density at radius 3 is 2.65 bits per heavy atom. The number of anilines is 1. The van der Waals surface area contributed by atoms with Crippen LogP contribution in [0.25, 0.3) is 0 Å². The van der Waals surface area contributed by atoms with Crippen molar-refractivity contribution in [3.63, 3.8) is 0 Å². The summed E-state index contributed by atoms with van der Waals surface area (Å²) in [5.41, 5.74) is -0.244. The lowest BCUT2D eigenvalue weighted by atomic mass is 9.85. The van der Waals surface area contributed by atoms with Crippen molar-refractivity contribution in [1.82, 2.24) is 0 Å². The number of hydrogen-bond acceptors (Lipinski definition) is 2. The molecule has 94 valence electrons. The fourth-order valence-corrected chi connectivity index (χ4v) is 2.79. The zero-order valence-electron chi connectivity index (χ0n) is 9.68. The molecular formula is C13H17BrFNO. The number of halogens is 2. The molecule has 2 N–H and O–H groups in total. The smallest absolute Gasteiger partial charge is 0.147 e. The highest BCUT2D eigenvalue weighted by atomic mass is 79.9. The summed E-state index contributed by atoms with van der Waals surface area (Å²) in [7, 11) is 0. The van der Waals surface area contributed by atoms with Gasteiger partial charge in [0.05, 0.1) is 11.3 Å². The van der Waals surface area contributed by atoms with Crippen LogP contribution in [0.1, 0.15) is 32.1 Å². The van der Waals surface area contributed by atoms with Crippen molar-refractivity contribution in [1.29, 1.82) is 0 Å². The van der Waals surface area contributed by atoms with Crippen LogP contribution >= 0.6 is 15.9 Å². The maximum Gasteiger partial charge on any atom is 0.147 e. The second-order valence-corrected chi connectivity index (χ2v) is 5.59. The van der Waals surface area contributed by atoms with Gasteiger partial charge in [0.1, 0.15) is 5.82 Å². The Kier molecular flexibility index (Phi) is 4.05. The van der Waals surface area contributed by atoms with E-state index in [1.54, 1.807) is 12.1 Å². The van der Waals surface area contributed by atoms with Gasteiger partial charge < -0.3 is 10.4 Å². The highest BCUT2D eigenvalue weighted by molar-refractivity contribution is 9.10. The molecule has 2 rings (SSSR count). The quantitative estimate of drug-likeness (QED) is 0.892. The van der Waals surface area contributed by atoms with Crippen LogP contribution in [0.5, 0.6) is 0 Å². The first kappa shape index (κ1) is 12.8. The van der Waals surface area contributed by atoms with Crippen molar-refractivity contribution in [2.24, 2.45) is 0 Å². The van der Waals surface area contributed by atoms with Crippen molar-refractivity contribution in [3.05, 3.63) is 28.5 Å². The summed E-state index contributed by atoms with van der Waals surface area (Å²) in [6.07, 6.45) is 4.89. The zero-order chi connectivity index (χ0) is 12.3. The lowest BCUT2D eigenvalue weighted by Gasteiger charge is -2.32. The van der Waals surface area contributed by atoms with Crippen LogP contribution in [-0.4, -0.2) is 17.3 Å². The van der Waals surface area contributed by atoms with Gasteiger partial charge in [-0.05, 0) is 40.9 Å². The van der Waals surface area contributed by atoms with Crippen LogP contribution in [0.15, 0.2) is 22.7 Å². The van der Waals surface area contributed by atoms with Crippen molar-refractivity contribution in [2.45, 2.75) is 37.7 Å². The summed E-state index contributed by atoms with van der Waals surface area (Å²) < 4.78 is 14.2. The third-order valence-electron chi connectivity index (χ3n) is 3.34. The van der Waals surface area contributed by atoms with E-state index in [0.717, 1.165) is 25.7 Å². The van der Waals surface area contributed by atoms with E-state index in [-0.39, 0.29) is 5.82 Å². The summed E-state index contributed by atoms with van der Waals surface area (Å²) in [6, 6.07) is 4.86. The minimum absolute atomic E-state index is 0.293. The molecule has 1 aliphatic carbocycles. The van der Waals surface area contributed by atoms with E-state index < -0.39 is 5.60 Å². The van der Waals surface area contributed by atoms with Crippen LogP contribution in [0.2, 0.25) is 0 Å². The van der Waals surface area contributed by atoms with Crippen LogP contribution in [0.3, 0.4) is 0 Å². The normalized spacial score (nSPS) is 19.0. The summed E-state index contributed by atoms with van der Waals surface area (Å²) in [6.45, 7) is 0.409. The molecule has 0 heterocycles. The maximum atomic E-state index is 13.6. The molecule has 0 saturated heterocycles. The largest absolute Gasteiger partial charge is 0.388 e. The summed E-state index contributed by atoms with van der Waals surface area (Å²) in [4.78, 5) is 0. The molecule has 1 aromatic carbocycles. The lowest BCUT2D eigenvalue weighted by Crippen LogP contribution is -2.39. The minimum Gasteiger partial charge on any atom is -0.388 e. The summed E-state index contributed by atoms with van der Waals surface area (Å²) >= 11 is 3.31. The van der Waals surface area contributed by atoms with Crippen LogP contribution in [-0.2, 0) is 0 Å². The molecule has 4 heteroatoms. The second kappa shape index (κ2) is 5.36. The van der Waals surface area contributed by atoms with Crippen molar-refractivity contribution in [3.8, 4) is 0 Å². The monoisotopic (exact) mass is 301 g/mol. The van der Waals surface area contributed by atoms with E-state index in [1.165, 1.54) is 12.5 Å². The maximum absolute atomic E-state index is 13.6. The van der Waals surface area contributed by atoms with Crippen LogP contribution in [0.4, 0.5) is 10.1 Å². The Bertz CT molecular complexity index is 371. The molecule has 0 unspecified atom stereocenters. The van der Waals surface area contributed by atoms with Crippen LogP contribution < -0.4 is 5.32 Å². The first-order valence-corrected chi connectivity index (χ1v) is 6.80. The molecule has 1 fully saturated rings. The Hall–Kier alpha value is -0.610. The average molecular weight is 302 g/mol. The molecule has 1 aromatic rings. The van der Waals surface area contributed by atoms with Gasteiger partial charge in [0, 0.05) is 11.0 Å². The highest BCUT2D eigenvalue weighted by Gasteiger charge is 2.29. The lowest BCUT2D eigenvalue weighted by molar-refractivity contribution is 0.0167. The Labute approximate surface area is 109 Å². The Balaban J connectivity index is 2.02. The van der Waals surface area contributed by atoms with E-state index in [1.807, 2.05) is 0 Å². The molecule has 1 aliphatic rings. The van der Waals surface area contributed by atoms with Crippen LogP contribution in [0, 0.1) is 5.82 Å². The van der Waals surface area contributed by atoms with E-state index in [4.69, 9.17) is 0 Å².